The molecule has 17 heavy (non-hydrogen) atoms. The highest BCUT2D eigenvalue weighted by molar-refractivity contribution is 5.49. The molecule has 1 N–H and O–H groups in total. The van der Waals surface area contributed by atoms with Crippen molar-refractivity contribution in [2.75, 3.05) is 44.7 Å². The molecule has 0 atom stereocenters. The van der Waals surface area contributed by atoms with E-state index in [9.17, 15) is 0 Å². The quantitative estimate of drug-likeness (QED) is 0.852. The molecule has 0 amide bonds. The highest BCUT2D eigenvalue weighted by Gasteiger charge is 2.16. The van der Waals surface area contributed by atoms with Gasteiger partial charge in [-0.05, 0) is 24.3 Å². The first-order valence-corrected chi connectivity index (χ1v) is 6.21. The molecule has 1 fully saturated rings. The van der Waals surface area contributed by atoms with E-state index in [1.165, 1.54) is 5.69 Å². The second-order valence-electron chi connectivity index (χ2n) is 4.18. The summed E-state index contributed by atoms with van der Waals surface area (Å²) in [7, 11) is 1.70. The highest BCUT2D eigenvalue weighted by atomic mass is 16.5. The lowest BCUT2D eigenvalue weighted by Crippen LogP contribution is -2.51. The fourth-order valence-electron chi connectivity index (χ4n) is 2.14. The van der Waals surface area contributed by atoms with Crippen molar-refractivity contribution in [3.63, 3.8) is 0 Å². The third kappa shape index (κ3) is 3.11. The molecule has 0 bridgehead atoms. The normalized spacial score (nSPS) is 17.2. The lowest BCUT2D eigenvalue weighted by Gasteiger charge is -2.36. The average molecular weight is 235 g/mol. The van der Waals surface area contributed by atoms with Gasteiger partial charge in [-0.25, -0.2) is 5.01 Å². The van der Waals surface area contributed by atoms with E-state index in [4.69, 9.17) is 4.74 Å². The summed E-state index contributed by atoms with van der Waals surface area (Å²) in [5.41, 5.74) is 4.64. The van der Waals surface area contributed by atoms with Crippen molar-refractivity contribution in [3.05, 3.63) is 24.3 Å². The second-order valence-corrected chi connectivity index (χ2v) is 4.18. The SMILES string of the molecule is CCNN1CCN(c2ccc(OC)cc2)CC1. The summed E-state index contributed by atoms with van der Waals surface area (Å²) < 4.78 is 5.17. The molecule has 4 heteroatoms. The summed E-state index contributed by atoms with van der Waals surface area (Å²) in [5, 5.41) is 2.29. The highest BCUT2D eigenvalue weighted by Crippen LogP contribution is 2.20. The van der Waals surface area contributed by atoms with Gasteiger partial charge >= 0.3 is 0 Å². The Balaban J connectivity index is 1.91. The standard InChI is InChI=1S/C13H21N3O/c1-3-14-16-10-8-15(9-11-16)12-4-6-13(17-2)7-5-12/h4-7,14H,3,8-11H2,1-2H3. The maximum absolute atomic E-state index is 5.17. The van der Waals surface area contributed by atoms with Gasteiger partial charge in [-0.3, -0.25) is 5.43 Å². The number of piperazine rings is 1. The molecule has 0 radical (unpaired) electrons. The molecule has 0 aromatic heterocycles. The van der Waals surface area contributed by atoms with E-state index in [1.54, 1.807) is 7.11 Å². The van der Waals surface area contributed by atoms with Gasteiger partial charge in [0.05, 0.1) is 7.11 Å². The number of nitrogens with zero attached hydrogens (tertiary/aromatic N) is 2. The van der Waals surface area contributed by atoms with Crippen LogP contribution < -0.4 is 15.1 Å². The smallest absolute Gasteiger partial charge is 0.119 e. The van der Waals surface area contributed by atoms with Crippen LogP contribution in [0.4, 0.5) is 5.69 Å². The van der Waals surface area contributed by atoms with Crippen LogP contribution >= 0.6 is 0 Å². The Bertz CT molecular complexity index is 331. The number of hydrogen-bond donors (Lipinski definition) is 1. The van der Waals surface area contributed by atoms with Crippen molar-refractivity contribution >= 4 is 5.69 Å². The van der Waals surface area contributed by atoms with Crippen LogP contribution in [0.3, 0.4) is 0 Å². The van der Waals surface area contributed by atoms with Crippen LogP contribution in [0.15, 0.2) is 24.3 Å². The third-order valence-electron chi connectivity index (χ3n) is 3.10. The Hall–Kier alpha value is -1.26. The minimum atomic E-state index is 0.917. The van der Waals surface area contributed by atoms with Crippen LogP contribution in [0, 0.1) is 0 Å². The van der Waals surface area contributed by atoms with Gasteiger partial charge in [-0.2, -0.15) is 0 Å². The Morgan fingerprint density at radius 2 is 1.76 bits per heavy atom. The molecule has 0 aliphatic carbocycles. The minimum absolute atomic E-state index is 0.917. The van der Waals surface area contributed by atoms with E-state index in [1.807, 2.05) is 12.1 Å². The molecule has 0 spiro atoms. The zero-order valence-electron chi connectivity index (χ0n) is 10.6. The molecule has 1 aliphatic heterocycles. The molecule has 1 aromatic carbocycles. The van der Waals surface area contributed by atoms with Gasteiger partial charge in [0.1, 0.15) is 5.75 Å². The van der Waals surface area contributed by atoms with Gasteiger partial charge in [0.2, 0.25) is 0 Å². The van der Waals surface area contributed by atoms with Crippen LogP contribution in [0.2, 0.25) is 0 Å². The van der Waals surface area contributed by atoms with Crippen molar-refractivity contribution < 1.29 is 4.74 Å². The van der Waals surface area contributed by atoms with E-state index in [2.05, 4.69) is 34.4 Å². The van der Waals surface area contributed by atoms with Gasteiger partial charge in [0.15, 0.2) is 0 Å². The molecular weight excluding hydrogens is 214 g/mol. The molecule has 1 aliphatic rings. The monoisotopic (exact) mass is 235 g/mol. The van der Waals surface area contributed by atoms with Gasteiger partial charge in [-0.15, -0.1) is 0 Å². The number of nitrogens with one attached hydrogen (secondary N) is 1. The number of ether oxygens (including phenoxy) is 1. The van der Waals surface area contributed by atoms with E-state index >= 15 is 0 Å². The fraction of sp³-hybridized carbons (Fsp3) is 0.538. The minimum Gasteiger partial charge on any atom is -0.497 e. The van der Waals surface area contributed by atoms with Crippen molar-refractivity contribution in [1.82, 2.24) is 10.4 Å². The number of methoxy groups -OCH3 is 1. The molecule has 1 saturated heterocycles. The third-order valence-corrected chi connectivity index (χ3v) is 3.10. The maximum atomic E-state index is 5.17. The number of hydrogen-bond acceptors (Lipinski definition) is 4. The molecular formula is C13H21N3O. The van der Waals surface area contributed by atoms with Crippen molar-refractivity contribution in [2.45, 2.75) is 6.92 Å². The molecule has 2 rings (SSSR count). The van der Waals surface area contributed by atoms with Gasteiger partial charge in [0.25, 0.3) is 0 Å². The van der Waals surface area contributed by atoms with Crippen LogP contribution in [-0.4, -0.2) is 44.8 Å². The summed E-state index contributed by atoms with van der Waals surface area (Å²) in [5.74, 6) is 0.917. The number of rotatable bonds is 4. The summed E-state index contributed by atoms with van der Waals surface area (Å²) in [6.45, 7) is 7.41. The lowest BCUT2D eigenvalue weighted by atomic mass is 10.2. The summed E-state index contributed by atoms with van der Waals surface area (Å²) in [6, 6.07) is 8.29. The van der Waals surface area contributed by atoms with Crippen molar-refractivity contribution in [2.24, 2.45) is 0 Å². The predicted octanol–water partition coefficient (Wildman–Crippen LogP) is 1.34. The zero-order chi connectivity index (χ0) is 12.1. The number of hydrazine groups is 1. The van der Waals surface area contributed by atoms with Gasteiger partial charge < -0.3 is 9.64 Å². The van der Waals surface area contributed by atoms with Gasteiger partial charge in [-0.1, -0.05) is 6.92 Å². The first-order valence-electron chi connectivity index (χ1n) is 6.21. The van der Waals surface area contributed by atoms with E-state index in [0.29, 0.717) is 0 Å². The van der Waals surface area contributed by atoms with E-state index in [-0.39, 0.29) is 0 Å². The van der Waals surface area contributed by atoms with Crippen molar-refractivity contribution in [1.29, 1.82) is 0 Å². The van der Waals surface area contributed by atoms with Crippen LogP contribution in [-0.2, 0) is 0 Å². The van der Waals surface area contributed by atoms with Crippen molar-refractivity contribution in [3.8, 4) is 5.75 Å². The molecule has 4 nitrogen and oxygen atoms in total. The van der Waals surface area contributed by atoms with Crippen LogP contribution in [0.1, 0.15) is 6.92 Å². The molecule has 0 unspecified atom stereocenters. The Morgan fingerprint density at radius 3 is 2.29 bits per heavy atom. The second kappa shape index (κ2) is 5.89. The predicted molar refractivity (Wildman–Crippen MR) is 70.5 cm³/mol. The van der Waals surface area contributed by atoms with E-state index < -0.39 is 0 Å². The lowest BCUT2D eigenvalue weighted by molar-refractivity contribution is 0.181. The number of benzene rings is 1. The molecule has 1 heterocycles. The first-order chi connectivity index (χ1) is 8.33. The number of anilines is 1. The Kier molecular flexibility index (Phi) is 4.23. The van der Waals surface area contributed by atoms with Crippen LogP contribution in [0.5, 0.6) is 5.75 Å². The largest absolute Gasteiger partial charge is 0.497 e. The maximum Gasteiger partial charge on any atom is 0.119 e. The van der Waals surface area contributed by atoms with Crippen LogP contribution in [0.25, 0.3) is 0 Å². The average Bonchev–Trinajstić information content (AvgIpc) is 2.40. The topological polar surface area (TPSA) is 27.7 Å². The summed E-state index contributed by atoms with van der Waals surface area (Å²) in [6.07, 6.45) is 0. The zero-order valence-corrected chi connectivity index (χ0v) is 10.6. The Labute approximate surface area is 103 Å². The van der Waals surface area contributed by atoms with Gasteiger partial charge in [0, 0.05) is 38.4 Å². The molecule has 94 valence electrons. The summed E-state index contributed by atoms with van der Waals surface area (Å²) in [4.78, 5) is 2.41. The first kappa shape index (κ1) is 12.2. The Morgan fingerprint density at radius 1 is 1.12 bits per heavy atom. The molecule has 1 aromatic rings. The summed E-state index contributed by atoms with van der Waals surface area (Å²) >= 11 is 0. The fourth-order valence-corrected chi connectivity index (χ4v) is 2.14. The van der Waals surface area contributed by atoms with E-state index in [0.717, 1.165) is 38.5 Å². The molecule has 0 saturated carbocycles.